The number of carbonyl (C=O) groups excluding carboxylic acids is 2. The first-order chi connectivity index (χ1) is 14.2. The summed E-state index contributed by atoms with van der Waals surface area (Å²) in [6.07, 6.45) is -4.50. The van der Waals surface area contributed by atoms with Crippen LogP contribution in [0.1, 0.15) is 15.9 Å². The second-order valence-electron chi connectivity index (χ2n) is 6.17. The fourth-order valence-electron chi connectivity index (χ4n) is 2.41. The molecular weight excluding hydrogens is 417 g/mol. The molecule has 2 rings (SSSR count). The molecule has 0 aliphatic carbocycles. The van der Waals surface area contributed by atoms with Gasteiger partial charge in [-0.2, -0.15) is 18.4 Å². The van der Waals surface area contributed by atoms with Crippen LogP contribution in [0.3, 0.4) is 0 Å². The van der Waals surface area contributed by atoms with Crippen molar-refractivity contribution in [3.8, 4) is 6.07 Å². The first-order valence-corrected chi connectivity index (χ1v) is 9.76. The highest BCUT2D eigenvalue weighted by molar-refractivity contribution is 7.99. The van der Waals surface area contributed by atoms with Crippen LogP contribution in [0.4, 0.5) is 24.5 Å². The number of rotatable bonds is 8. The van der Waals surface area contributed by atoms with Gasteiger partial charge in [-0.15, -0.1) is 11.8 Å². The van der Waals surface area contributed by atoms with Crippen molar-refractivity contribution in [1.29, 1.82) is 5.26 Å². The summed E-state index contributed by atoms with van der Waals surface area (Å²) in [5.41, 5.74) is 1.80. The van der Waals surface area contributed by atoms with E-state index in [9.17, 15) is 22.8 Å². The molecule has 10 heteroatoms. The number of thioether (sulfide) groups is 1. The highest BCUT2D eigenvalue weighted by Gasteiger charge is 2.28. The van der Waals surface area contributed by atoms with Crippen molar-refractivity contribution in [1.82, 2.24) is 5.32 Å². The van der Waals surface area contributed by atoms with E-state index < -0.39 is 18.6 Å². The standard InChI is InChI=1S/C20H19F3N4O2S/c1-13-6-7-14(19(29)26-12-20(21,22)23)10-16(13)25-11-18(28)27-15-4-2-3-5-17(15)30-9-8-24/h2-7,10,25H,9,11-12H2,1H3,(H,26,29)(H,27,28). The van der Waals surface area contributed by atoms with Gasteiger partial charge < -0.3 is 16.0 Å². The monoisotopic (exact) mass is 436 g/mol. The third-order valence-corrected chi connectivity index (χ3v) is 4.78. The highest BCUT2D eigenvalue weighted by Crippen LogP contribution is 2.26. The number of carbonyl (C=O) groups is 2. The summed E-state index contributed by atoms with van der Waals surface area (Å²) in [7, 11) is 0. The van der Waals surface area contributed by atoms with E-state index in [0.29, 0.717) is 11.4 Å². The topological polar surface area (TPSA) is 94.0 Å². The Hall–Kier alpha value is -3.19. The maximum absolute atomic E-state index is 12.3. The average Bonchev–Trinajstić information content (AvgIpc) is 2.70. The molecule has 3 N–H and O–H groups in total. The zero-order chi connectivity index (χ0) is 22.1. The van der Waals surface area contributed by atoms with Crippen LogP contribution >= 0.6 is 11.8 Å². The molecule has 0 saturated carbocycles. The first kappa shape index (κ1) is 23.1. The number of nitriles is 1. The normalized spacial score (nSPS) is 10.8. The van der Waals surface area contributed by atoms with Crippen LogP contribution in [-0.4, -0.2) is 36.8 Å². The summed E-state index contributed by atoms with van der Waals surface area (Å²) in [4.78, 5) is 25.0. The fraction of sp³-hybridized carbons (Fsp3) is 0.250. The third-order valence-electron chi connectivity index (χ3n) is 3.84. The predicted octanol–water partition coefficient (Wildman–Crippen LogP) is 3.95. The van der Waals surface area contributed by atoms with Gasteiger partial charge in [0.05, 0.1) is 24.1 Å². The Balaban J connectivity index is 1.99. The SMILES string of the molecule is Cc1ccc(C(=O)NCC(F)(F)F)cc1NCC(=O)Nc1ccccc1SCC#N. The van der Waals surface area contributed by atoms with E-state index in [1.165, 1.54) is 23.9 Å². The van der Waals surface area contributed by atoms with Gasteiger partial charge in [-0.1, -0.05) is 18.2 Å². The van der Waals surface area contributed by atoms with Crippen molar-refractivity contribution < 1.29 is 22.8 Å². The molecule has 30 heavy (non-hydrogen) atoms. The van der Waals surface area contributed by atoms with Crippen LogP contribution in [0.5, 0.6) is 0 Å². The van der Waals surface area contributed by atoms with E-state index in [4.69, 9.17) is 5.26 Å². The minimum atomic E-state index is -4.50. The number of hydrogen-bond acceptors (Lipinski definition) is 5. The van der Waals surface area contributed by atoms with Gasteiger partial charge in [0, 0.05) is 16.1 Å². The fourth-order valence-corrected chi connectivity index (χ4v) is 3.08. The summed E-state index contributed by atoms with van der Waals surface area (Å²) in [6, 6.07) is 13.5. The van der Waals surface area contributed by atoms with Gasteiger partial charge in [0.25, 0.3) is 5.91 Å². The summed E-state index contributed by atoms with van der Waals surface area (Å²) in [5, 5.41) is 16.2. The molecule has 0 aliphatic rings. The lowest BCUT2D eigenvalue weighted by Gasteiger charge is -2.13. The zero-order valence-electron chi connectivity index (χ0n) is 16.0. The minimum Gasteiger partial charge on any atom is -0.376 e. The summed E-state index contributed by atoms with van der Waals surface area (Å²) < 4.78 is 36.8. The van der Waals surface area contributed by atoms with Gasteiger partial charge >= 0.3 is 6.18 Å². The van der Waals surface area contributed by atoms with Crippen molar-refractivity contribution in [2.75, 3.05) is 29.5 Å². The second-order valence-corrected chi connectivity index (χ2v) is 7.19. The van der Waals surface area contributed by atoms with E-state index >= 15 is 0 Å². The molecule has 2 amide bonds. The van der Waals surface area contributed by atoms with Crippen molar-refractivity contribution in [3.63, 3.8) is 0 Å². The molecule has 0 spiro atoms. The maximum Gasteiger partial charge on any atom is 0.405 e. The second kappa shape index (κ2) is 10.5. The van der Waals surface area contributed by atoms with E-state index in [1.54, 1.807) is 37.3 Å². The Bertz CT molecular complexity index is 958. The molecule has 0 bridgehead atoms. The number of alkyl halides is 3. The van der Waals surface area contributed by atoms with E-state index in [-0.39, 0.29) is 23.8 Å². The highest BCUT2D eigenvalue weighted by atomic mass is 32.2. The van der Waals surface area contributed by atoms with Crippen LogP contribution in [0.25, 0.3) is 0 Å². The van der Waals surface area contributed by atoms with E-state index in [2.05, 4.69) is 10.6 Å². The number of aryl methyl sites for hydroxylation is 1. The predicted molar refractivity (Wildman–Crippen MR) is 109 cm³/mol. The maximum atomic E-state index is 12.3. The number of benzene rings is 2. The molecule has 0 fully saturated rings. The Morgan fingerprint density at radius 3 is 2.57 bits per heavy atom. The molecule has 0 radical (unpaired) electrons. The van der Waals surface area contributed by atoms with Gasteiger partial charge in [0.1, 0.15) is 6.54 Å². The lowest BCUT2D eigenvalue weighted by atomic mass is 10.1. The molecule has 0 aliphatic heterocycles. The summed E-state index contributed by atoms with van der Waals surface area (Å²) in [5.74, 6) is -0.970. The Morgan fingerprint density at radius 1 is 1.13 bits per heavy atom. The number of amides is 2. The number of halogens is 3. The quantitative estimate of drug-likeness (QED) is 0.545. The van der Waals surface area contributed by atoms with Crippen LogP contribution in [0, 0.1) is 18.3 Å². The molecular formula is C20H19F3N4O2S. The summed E-state index contributed by atoms with van der Waals surface area (Å²) in [6.45, 7) is 0.200. The van der Waals surface area contributed by atoms with Crippen molar-refractivity contribution in [2.45, 2.75) is 18.0 Å². The molecule has 2 aromatic rings. The first-order valence-electron chi connectivity index (χ1n) is 8.77. The molecule has 0 unspecified atom stereocenters. The Kier molecular flexibility index (Phi) is 8.12. The lowest BCUT2D eigenvalue weighted by Crippen LogP contribution is -2.33. The molecule has 2 aromatic carbocycles. The number of para-hydroxylation sites is 1. The van der Waals surface area contributed by atoms with Gasteiger partial charge in [-0.3, -0.25) is 9.59 Å². The molecule has 0 atom stereocenters. The van der Waals surface area contributed by atoms with Gasteiger partial charge in [0.15, 0.2) is 0 Å². The average molecular weight is 436 g/mol. The van der Waals surface area contributed by atoms with E-state index in [1.807, 2.05) is 11.4 Å². The smallest absolute Gasteiger partial charge is 0.376 e. The van der Waals surface area contributed by atoms with Crippen LogP contribution in [-0.2, 0) is 4.79 Å². The minimum absolute atomic E-state index is 0.0472. The number of nitrogens with one attached hydrogen (secondary N) is 3. The number of hydrogen-bond donors (Lipinski definition) is 3. The van der Waals surface area contributed by atoms with Gasteiger partial charge in [-0.25, -0.2) is 0 Å². The largest absolute Gasteiger partial charge is 0.405 e. The third kappa shape index (κ3) is 7.33. The van der Waals surface area contributed by atoms with Gasteiger partial charge in [0.2, 0.25) is 5.91 Å². The van der Waals surface area contributed by atoms with Crippen LogP contribution in [0.15, 0.2) is 47.4 Å². The van der Waals surface area contributed by atoms with Crippen LogP contribution in [0.2, 0.25) is 0 Å². The number of nitrogens with zero attached hydrogens (tertiary/aromatic N) is 1. The van der Waals surface area contributed by atoms with Crippen molar-refractivity contribution in [3.05, 3.63) is 53.6 Å². The van der Waals surface area contributed by atoms with E-state index in [0.717, 1.165) is 10.5 Å². The Morgan fingerprint density at radius 2 is 1.87 bits per heavy atom. The molecule has 0 aromatic heterocycles. The van der Waals surface area contributed by atoms with Gasteiger partial charge in [-0.05, 0) is 36.8 Å². The number of anilines is 2. The molecule has 0 heterocycles. The molecule has 158 valence electrons. The van der Waals surface area contributed by atoms with Crippen molar-refractivity contribution in [2.24, 2.45) is 0 Å². The van der Waals surface area contributed by atoms with Crippen LogP contribution < -0.4 is 16.0 Å². The molecule has 0 saturated heterocycles. The van der Waals surface area contributed by atoms with Crippen molar-refractivity contribution >= 4 is 35.0 Å². The summed E-state index contributed by atoms with van der Waals surface area (Å²) >= 11 is 1.30. The lowest BCUT2D eigenvalue weighted by molar-refractivity contribution is -0.123. The Labute approximate surface area is 175 Å². The zero-order valence-corrected chi connectivity index (χ0v) is 16.8. The molecule has 6 nitrogen and oxygen atoms in total.